The second kappa shape index (κ2) is 5.17. The number of hydrogen-bond donors (Lipinski definition) is 1. The number of carbonyl (C=O) groups excluding carboxylic acids is 1. The number of hydrogen-bond acceptors (Lipinski definition) is 3. The highest BCUT2D eigenvalue weighted by atomic mass is 16.2. The van der Waals surface area contributed by atoms with Gasteiger partial charge in [0.25, 0.3) is 5.91 Å². The minimum absolute atomic E-state index is 0.0508. The first-order chi connectivity index (χ1) is 8.16. The number of nitrogens with zero attached hydrogens (tertiary/aromatic N) is 2. The lowest BCUT2D eigenvalue weighted by molar-refractivity contribution is 0.0787. The third-order valence-electron chi connectivity index (χ3n) is 2.83. The Labute approximate surface area is 102 Å². The molecule has 0 radical (unpaired) electrons. The maximum Gasteiger partial charge on any atom is 0.272 e. The lowest BCUT2D eigenvalue weighted by Crippen LogP contribution is -2.28. The molecule has 0 aromatic carbocycles. The van der Waals surface area contributed by atoms with E-state index >= 15 is 0 Å². The van der Waals surface area contributed by atoms with E-state index in [-0.39, 0.29) is 5.91 Å². The van der Waals surface area contributed by atoms with E-state index in [1.165, 1.54) is 0 Å². The lowest BCUT2D eigenvalue weighted by atomic mass is 10.2. The molecule has 1 N–H and O–H groups in total. The third kappa shape index (κ3) is 2.96. The molecular weight excluding hydrogens is 214 g/mol. The zero-order valence-corrected chi connectivity index (χ0v) is 10.4. The van der Waals surface area contributed by atoms with Gasteiger partial charge in [0.15, 0.2) is 0 Å². The fourth-order valence-corrected chi connectivity index (χ4v) is 2.05. The topological polar surface area (TPSA) is 45.2 Å². The van der Waals surface area contributed by atoms with Crippen molar-refractivity contribution in [3.63, 3.8) is 0 Å². The Bertz CT molecular complexity index is 397. The summed E-state index contributed by atoms with van der Waals surface area (Å²) in [5.41, 5.74) is 1.50. The number of nitrogens with one attached hydrogen (secondary N) is 1. The van der Waals surface area contributed by atoms with E-state index < -0.39 is 0 Å². The number of anilines is 1. The fraction of sp³-hybridized carbons (Fsp3) is 0.538. The van der Waals surface area contributed by atoms with Gasteiger partial charge >= 0.3 is 0 Å². The Hall–Kier alpha value is -1.58. The second-order valence-corrected chi connectivity index (χ2v) is 4.73. The molecule has 1 aliphatic rings. The van der Waals surface area contributed by atoms with Crippen molar-refractivity contribution in [1.29, 1.82) is 0 Å². The van der Waals surface area contributed by atoms with E-state index in [2.05, 4.69) is 24.1 Å². The van der Waals surface area contributed by atoms with Gasteiger partial charge in [0.2, 0.25) is 0 Å². The van der Waals surface area contributed by atoms with E-state index in [4.69, 9.17) is 0 Å². The highest BCUT2D eigenvalue weighted by Crippen LogP contribution is 2.14. The molecule has 0 atom stereocenters. The number of aromatic nitrogens is 1. The summed E-state index contributed by atoms with van der Waals surface area (Å²) in [4.78, 5) is 18.2. The van der Waals surface area contributed by atoms with E-state index in [0.29, 0.717) is 11.7 Å². The molecule has 0 saturated carbocycles. The molecule has 0 unspecified atom stereocenters. The molecule has 2 heterocycles. The first-order valence-corrected chi connectivity index (χ1v) is 6.18. The molecule has 0 spiro atoms. The van der Waals surface area contributed by atoms with Gasteiger partial charge in [0.05, 0.1) is 0 Å². The van der Waals surface area contributed by atoms with Crippen LogP contribution in [0.15, 0.2) is 18.3 Å². The minimum atomic E-state index is 0.0508. The maximum absolute atomic E-state index is 12.1. The van der Waals surface area contributed by atoms with Gasteiger partial charge in [-0.15, -0.1) is 0 Å². The number of rotatable bonds is 3. The van der Waals surface area contributed by atoms with Crippen molar-refractivity contribution in [2.24, 2.45) is 0 Å². The van der Waals surface area contributed by atoms with Crippen LogP contribution in [0.25, 0.3) is 0 Å². The summed E-state index contributed by atoms with van der Waals surface area (Å²) in [6.07, 6.45) is 3.90. The zero-order valence-electron chi connectivity index (χ0n) is 10.4. The van der Waals surface area contributed by atoms with Crippen molar-refractivity contribution in [3.05, 3.63) is 24.0 Å². The summed E-state index contributed by atoms with van der Waals surface area (Å²) in [7, 11) is 0. The van der Waals surface area contributed by atoms with Crippen LogP contribution in [0.3, 0.4) is 0 Å². The van der Waals surface area contributed by atoms with Crippen LogP contribution < -0.4 is 5.32 Å². The van der Waals surface area contributed by atoms with Crippen molar-refractivity contribution < 1.29 is 4.79 Å². The zero-order chi connectivity index (χ0) is 12.3. The quantitative estimate of drug-likeness (QED) is 0.870. The van der Waals surface area contributed by atoms with Gasteiger partial charge in [-0.2, -0.15) is 0 Å². The van der Waals surface area contributed by atoms with Crippen molar-refractivity contribution in [3.8, 4) is 0 Å². The molecule has 1 fully saturated rings. The molecule has 92 valence electrons. The van der Waals surface area contributed by atoms with Gasteiger partial charge in [-0.25, -0.2) is 0 Å². The van der Waals surface area contributed by atoms with Gasteiger partial charge < -0.3 is 10.2 Å². The Morgan fingerprint density at radius 3 is 2.76 bits per heavy atom. The SMILES string of the molecule is CC(C)Nc1ccnc(C(=O)N2CCCC2)c1. The average molecular weight is 233 g/mol. The molecule has 17 heavy (non-hydrogen) atoms. The number of amides is 1. The van der Waals surface area contributed by atoms with Crippen LogP contribution in [0.1, 0.15) is 37.2 Å². The molecule has 1 amide bonds. The molecule has 4 heteroatoms. The smallest absolute Gasteiger partial charge is 0.272 e. The summed E-state index contributed by atoms with van der Waals surface area (Å²) in [5.74, 6) is 0.0508. The lowest BCUT2D eigenvalue weighted by Gasteiger charge is -2.15. The Morgan fingerprint density at radius 1 is 1.41 bits per heavy atom. The molecule has 1 aromatic rings. The van der Waals surface area contributed by atoms with Gasteiger partial charge in [-0.1, -0.05) is 0 Å². The van der Waals surface area contributed by atoms with Crippen molar-refractivity contribution in [2.45, 2.75) is 32.7 Å². The van der Waals surface area contributed by atoms with Crippen molar-refractivity contribution in [2.75, 3.05) is 18.4 Å². The average Bonchev–Trinajstić information content (AvgIpc) is 2.81. The molecule has 1 aromatic heterocycles. The first-order valence-electron chi connectivity index (χ1n) is 6.18. The van der Waals surface area contributed by atoms with E-state index in [1.807, 2.05) is 17.0 Å². The van der Waals surface area contributed by atoms with Crippen molar-refractivity contribution >= 4 is 11.6 Å². The molecular formula is C13H19N3O. The Morgan fingerprint density at radius 2 is 2.12 bits per heavy atom. The fourth-order valence-electron chi connectivity index (χ4n) is 2.05. The monoisotopic (exact) mass is 233 g/mol. The van der Waals surface area contributed by atoms with Crippen LogP contribution in [-0.4, -0.2) is 34.9 Å². The van der Waals surface area contributed by atoms with Crippen LogP contribution in [0.4, 0.5) is 5.69 Å². The van der Waals surface area contributed by atoms with Crippen LogP contribution in [0.2, 0.25) is 0 Å². The largest absolute Gasteiger partial charge is 0.383 e. The van der Waals surface area contributed by atoms with E-state index in [9.17, 15) is 4.79 Å². The highest BCUT2D eigenvalue weighted by molar-refractivity contribution is 5.93. The molecule has 0 bridgehead atoms. The van der Waals surface area contributed by atoms with Crippen LogP contribution in [-0.2, 0) is 0 Å². The Kier molecular flexibility index (Phi) is 3.61. The van der Waals surface area contributed by atoms with Crippen LogP contribution >= 0.6 is 0 Å². The first kappa shape index (κ1) is 11.9. The van der Waals surface area contributed by atoms with Gasteiger partial charge in [0, 0.05) is 31.0 Å². The molecule has 1 saturated heterocycles. The Balaban J connectivity index is 2.12. The molecule has 1 aliphatic heterocycles. The van der Waals surface area contributed by atoms with Crippen LogP contribution in [0.5, 0.6) is 0 Å². The molecule has 2 rings (SSSR count). The second-order valence-electron chi connectivity index (χ2n) is 4.73. The minimum Gasteiger partial charge on any atom is -0.383 e. The molecule has 0 aliphatic carbocycles. The van der Waals surface area contributed by atoms with Crippen LogP contribution in [0, 0.1) is 0 Å². The normalized spacial score (nSPS) is 15.4. The number of carbonyl (C=O) groups is 1. The van der Waals surface area contributed by atoms with Gasteiger partial charge in [-0.3, -0.25) is 9.78 Å². The standard InChI is InChI=1S/C13H19N3O/c1-10(2)15-11-5-6-14-12(9-11)13(17)16-7-3-4-8-16/h5-6,9-10H,3-4,7-8H2,1-2H3,(H,14,15). The number of pyridine rings is 1. The number of likely N-dealkylation sites (tertiary alicyclic amines) is 1. The third-order valence-corrected chi connectivity index (χ3v) is 2.83. The molecule has 4 nitrogen and oxygen atoms in total. The van der Waals surface area contributed by atoms with E-state index in [1.54, 1.807) is 6.20 Å². The van der Waals surface area contributed by atoms with Crippen molar-refractivity contribution in [1.82, 2.24) is 9.88 Å². The maximum atomic E-state index is 12.1. The summed E-state index contributed by atoms with van der Waals surface area (Å²) in [5, 5.41) is 3.28. The summed E-state index contributed by atoms with van der Waals surface area (Å²) in [6, 6.07) is 4.08. The van der Waals surface area contributed by atoms with E-state index in [0.717, 1.165) is 31.6 Å². The van der Waals surface area contributed by atoms with Gasteiger partial charge in [-0.05, 0) is 38.8 Å². The predicted octanol–water partition coefficient (Wildman–Crippen LogP) is 2.14. The van der Waals surface area contributed by atoms with Gasteiger partial charge in [0.1, 0.15) is 5.69 Å². The highest BCUT2D eigenvalue weighted by Gasteiger charge is 2.20. The summed E-state index contributed by atoms with van der Waals surface area (Å²) >= 11 is 0. The summed E-state index contributed by atoms with van der Waals surface area (Å²) < 4.78 is 0. The summed E-state index contributed by atoms with van der Waals surface area (Å²) in [6.45, 7) is 5.87. The predicted molar refractivity (Wildman–Crippen MR) is 68.1 cm³/mol.